The van der Waals surface area contributed by atoms with Crippen molar-refractivity contribution in [2.24, 2.45) is 5.18 Å². The Morgan fingerprint density at radius 2 is 2.20 bits per heavy atom. The summed E-state index contributed by atoms with van der Waals surface area (Å²) in [5.74, 6) is 0. The molecule has 0 spiro atoms. The predicted molar refractivity (Wildman–Crippen MR) is 41.3 cm³/mol. The van der Waals surface area contributed by atoms with Gasteiger partial charge < -0.3 is 5.73 Å². The van der Waals surface area contributed by atoms with E-state index < -0.39 is 0 Å². The van der Waals surface area contributed by atoms with E-state index in [1.165, 1.54) is 18.2 Å². The van der Waals surface area contributed by atoms with Crippen molar-refractivity contribution >= 4 is 23.0 Å². The van der Waals surface area contributed by atoms with Gasteiger partial charge in [0.15, 0.2) is 0 Å². The summed E-state index contributed by atoms with van der Waals surface area (Å²) in [5.41, 5.74) is 6.03. The summed E-state index contributed by atoms with van der Waals surface area (Å²) in [4.78, 5) is 9.92. The average molecular weight is 157 g/mol. The summed E-state index contributed by atoms with van der Waals surface area (Å²) < 4.78 is 0. The van der Waals surface area contributed by atoms with E-state index in [4.69, 9.17) is 17.3 Å². The third-order valence-corrected chi connectivity index (χ3v) is 1.43. The minimum Gasteiger partial charge on any atom is -0.397 e. The number of nitroso groups, excluding NO2 is 1. The number of hydrogen-bond donors (Lipinski definition) is 1. The van der Waals surface area contributed by atoms with E-state index >= 15 is 0 Å². The number of hydrogen-bond acceptors (Lipinski definition) is 3. The van der Waals surface area contributed by atoms with Crippen LogP contribution in [-0.4, -0.2) is 0 Å². The lowest BCUT2D eigenvalue weighted by Crippen LogP contribution is -1.83. The monoisotopic (exact) mass is 156 g/mol. The molecule has 1 aromatic rings. The Balaban J connectivity index is 3.16. The Morgan fingerprint density at radius 3 is 2.70 bits per heavy atom. The molecule has 0 heterocycles. The van der Waals surface area contributed by atoms with Gasteiger partial charge in [0.2, 0.25) is 0 Å². The average Bonchev–Trinajstić information content (AvgIpc) is 1.95. The minimum atomic E-state index is 0.293. The van der Waals surface area contributed by atoms with Gasteiger partial charge in [0.25, 0.3) is 0 Å². The number of benzene rings is 1. The summed E-state index contributed by atoms with van der Waals surface area (Å²) in [6.45, 7) is 0. The molecule has 3 nitrogen and oxygen atoms in total. The van der Waals surface area contributed by atoms with Gasteiger partial charge in [0, 0.05) is 0 Å². The predicted octanol–water partition coefficient (Wildman–Crippen LogP) is 2.32. The van der Waals surface area contributed by atoms with Crippen LogP contribution in [-0.2, 0) is 0 Å². The van der Waals surface area contributed by atoms with Gasteiger partial charge >= 0.3 is 0 Å². The second-order valence-corrected chi connectivity index (χ2v) is 2.20. The fourth-order valence-electron chi connectivity index (χ4n) is 0.588. The lowest BCUT2D eigenvalue weighted by molar-refractivity contribution is 1.50. The standard InChI is InChI=1S/C6H5ClN2O/c7-5-2-1-4(9-10)3-6(5)8/h1-3H,8H2. The van der Waals surface area contributed by atoms with Gasteiger partial charge in [0.1, 0.15) is 5.69 Å². The number of nitrogens with two attached hydrogens (primary N) is 1. The van der Waals surface area contributed by atoms with Gasteiger partial charge in [0.05, 0.1) is 10.7 Å². The van der Waals surface area contributed by atoms with Crippen molar-refractivity contribution in [3.05, 3.63) is 28.1 Å². The maximum atomic E-state index is 9.92. The molecule has 1 rings (SSSR count). The lowest BCUT2D eigenvalue weighted by Gasteiger charge is -1.94. The van der Waals surface area contributed by atoms with Crippen LogP contribution in [0.1, 0.15) is 0 Å². The van der Waals surface area contributed by atoms with Crippen molar-refractivity contribution < 1.29 is 0 Å². The molecule has 1 aromatic carbocycles. The van der Waals surface area contributed by atoms with Crippen molar-refractivity contribution in [2.45, 2.75) is 0 Å². The molecular formula is C6H5ClN2O. The largest absolute Gasteiger partial charge is 0.397 e. The first-order valence-corrected chi connectivity index (χ1v) is 3.00. The molecule has 0 saturated carbocycles. The zero-order chi connectivity index (χ0) is 7.56. The summed E-state index contributed by atoms with van der Waals surface area (Å²) in [7, 11) is 0. The van der Waals surface area contributed by atoms with Gasteiger partial charge in [-0.15, -0.1) is 4.91 Å². The molecule has 0 saturated heterocycles. The van der Waals surface area contributed by atoms with Crippen LogP contribution < -0.4 is 5.73 Å². The second kappa shape index (κ2) is 2.66. The highest BCUT2D eigenvalue weighted by atomic mass is 35.5. The molecule has 10 heavy (non-hydrogen) atoms. The van der Waals surface area contributed by atoms with Crippen LogP contribution in [0.15, 0.2) is 23.4 Å². The van der Waals surface area contributed by atoms with E-state index in [9.17, 15) is 4.91 Å². The first-order chi connectivity index (χ1) is 4.74. The van der Waals surface area contributed by atoms with E-state index in [2.05, 4.69) is 5.18 Å². The molecule has 0 aliphatic heterocycles. The third kappa shape index (κ3) is 1.25. The molecule has 2 N–H and O–H groups in total. The first-order valence-electron chi connectivity index (χ1n) is 2.62. The topological polar surface area (TPSA) is 55.4 Å². The molecule has 0 atom stereocenters. The minimum absolute atomic E-state index is 0.293. The van der Waals surface area contributed by atoms with Gasteiger partial charge in [-0.1, -0.05) is 11.6 Å². The quantitative estimate of drug-likeness (QED) is 0.501. The molecule has 4 heteroatoms. The van der Waals surface area contributed by atoms with Crippen LogP contribution in [0.3, 0.4) is 0 Å². The summed E-state index contributed by atoms with van der Waals surface area (Å²) >= 11 is 5.57. The third-order valence-electron chi connectivity index (χ3n) is 1.08. The molecule has 52 valence electrons. The molecule has 0 unspecified atom stereocenters. The van der Waals surface area contributed by atoms with E-state index in [-0.39, 0.29) is 0 Å². The maximum Gasteiger partial charge on any atom is 0.110 e. The first kappa shape index (κ1) is 7.02. The van der Waals surface area contributed by atoms with Crippen LogP contribution in [0.25, 0.3) is 0 Å². The van der Waals surface area contributed by atoms with Crippen LogP contribution >= 0.6 is 11.6 Å². The van der Waals surface area contributed by atoms with Crippen LogP contribution in [0.5, 0.6) is 0 Å². The maximum absolute atomic E-state index is 9.92. The zero-order valence-corrected chi connectivity index (χ0v) is 5.80. The fourth-order valence-corrected chi connectivity index (χ4v) is 0.705. The SMILES string of the molecule is Nc1cc(N=O)ccc1Cl. The number of nitrogen functional groups attached to an aromatic ring is 1. The van der Waals surface area contributed by atoms with Crippen molar-refractivity contribution in [2.75, 3.05) is 5.73 Å². The normalized spacial score (nSPS) is 9.30. The Morgan fingerprint density at radius 1 is 1.50 bits per heavy atom. The van der Waals surface area contributed by atoms with Crippen molar-refractivity contribution in [1.82, 2.24) is 0 Å². The number of nitrogens with zero attached hydrogens (tertiary/aromatic N) is 1. The van der Waals surface area contributed by atoms with Crippen LogP contribution in [0, 0.1) is 4.91 Å². The van der Waals surface area contributed by atoms with Gasteiger partial charge in [-0.2, -0.15) is 0 Å². The van der Waals surface area contributed by atoms with E-state index in [0.717, 1.165) is 0 Å². The summed E-state index contributed by atoms with van der Waals surface area (Å²) in [6.07, 6.45) is 0. The molecule has 0 amide bonds. The molecular weight excluding hydrogens is 152 g/mol. The molecule has 0 aliphatic rings. The van der Waals surface area contributed by atoms with E-state index in [1.807, 2.05) is 0 Å². The van der Waals surface area contributed by atoms with Gasteiger partial charge in [-0.05, 0) is 23.4 Å². The lowest BCUT2D eigenvalue weighted by atomic mass is 10.3. The second-order valence-electron chi connectivity index (χ2n) is 1.80. The van der Waals surface area contributed by atoms with Crippen LogP contribution in [0.4, 0.5) is 11.4 Å². The highest BCUT2D eigenvalue weighted by molar-refractivity contribution is 6.33. The summed E-state index contributed by atoms with van der Waals surface area (Å²) in [6, 6.07) is 4.47. The molecule has 0 radical (unpaired) electrons. The van der Waals surface area contributed by atoms with E-state index in [1.54, 1.807) is 0 Å². The van der Waals surface area contributed by atoms with Crippen molar-refractivity contribution in [3.63, 3.8) is 0 Å². The Labute approximate surface area is 62.8 Å². The summed E-state index contributed by atoms with van der Waals surface area (Å²) in [5, 5.41) is 3.12. The Hall–Kier alpha value is -1.09. The fraction of sp³-hybridized carbons (Fsp3) is 0. The van der Waals surface area contributed by atoms with Gasteiger partial charge in [-0.3, -0.25) is 0 Å². The number of rotatable bonds is 1. The molecule has 0 aliphatic carbocycles. The Kier molecular flexibility index (Phi) is 1.87. The van der Waals surface area contributed by atoms with Crippen molar-refractivity contribution in [1.29, 1.82) is 0 Å². The highest BCUT2D eigenvalue weighted by Gasteiger charge is 1.96. The van der Waals surface area contributed by atoms with Crippen LogP contribution in [0.2, 0.25) is 5.02 Å². The molecule has 0 bridgehead atoms. The van der Waals surface area contributed by atoms with Gasteiger partial charge in [-0.25, -0.2) is 0 Å². The zero-order valence-electron chi connectivity index (χ0n) is 5.04. The smallest absolute Gasteiger partial charge is 0.110 e. The van der Waals surface area contributed by atoms with Crippen molar-refractivity contribution in [3.8, 4) is 0 Å². The number of anilines is 1. The highest BCUT2D eigenvalue weighted by Crippen LogP contribution is 2.23. The molecule has 0 aromatic heterocycles. The number of halogens is 1. The molecule has 0 fully saturated rings. The Bertz CT molecular complexity index is 262. The van der Waals surface area contributed by atoms with E-state index in [0.29, 0.717) is 16.4 Å².